The molecule has 3 atom stereocenters. The molecule has 98 valence electrons. The minimum Gasteiger partial charge on any atom is -0.481 e. The van der Waals surface area contributed by atoms with Gasteiger partial charge in [0.15, 0.2) is 0 Å². The monoisotopic (exact) mass is 247 g/mol. The number of carboxylic acid groups (broad SMARTS) is 1. The van der Waals surface area contributed by atoms with Gasteiger partial charge in [0.2, 0.25) is 0 Å². The van der Waals surface area contributed by atoms with Gasteiger partial charge in [-0.25, -0.2) is 0 Å². The number of carbonyl (C=O) groups is 1. The summed E-state index contributed by atoms with van der Waals surface area (Å²) >= 11 is 0. The van der Waals surface area contributed by atoms with Crippen LogP contribution in [-0.2, 0) is 11.3 Å². The van der Waals surface area contributed by atoms with Crippen LogP contribution in [0, 0.1) is 11.8 Å². The minimum atomic E-state index is -0.774. The fourth-order valence-electron chi connectivity index (χ4n) is 2.15. The molecule has 0 aliphatic heterocycles. The summed E-state index contributed by atoms with van der Waals surface area (Å²) in [5.41, 5.74) is 2.08. The van der Waals surface area contributed by atoms with Gasteiger partial charge < -0.3 is 10.4 Å². The van der Waals surface area contributed by atoms with Crippen LogP contribution >= 0.6 is 0 Å². The number of rotatable bonds is 6. The molecule has 0 bridgehead atoms. The quantitative estimate of drug-likeness (QED) is 0.812. The maximum atomic E-state index is 10.9. The summed E-state index contributed by atoms with van der Waals surface area (Å²) in [6, 6.07) is 7.85. The largest absolute Gasteiger partial charge is 0.481 e. The first-order valence-electron chi connectivity index (χ1n) is 6.60. The first-order valence-corrected chi connectivity index (χ1v) is 6.60. The average Bonchev–Trinajstić information content (AvgIpc) is 3.05. The highest BCUT2D eigenvalue weighted by Crippen LogP contribution is 2.36. The van der Waals surface area contributed by atoms with Crippen LogP contribution in [0.5, 0.6) is 0 Å². The molecular formula is C15H21NO2. The molecule has 0 saturated heterocycles. The fraction of sp³-hybridized carbons (Fsp3) is 0.533. The molecule has 1 saturated carbocycles. The van der Waals surface area contributed by atoms with Gasteiger partial charge in [-0.3, -0.25) is 4.79 Å². The Morgan fingerprint density at radius 3 is 2.56 bits per heavy atom. The van der Waals surface area contributed by atoms with E-state index in [9.17, 15) is 4.79 Å². The molecule has 0 radical (unpaired) electrons. The standard InChI is InChI=1S/C15H21NO2/c1-10-7-14(10)9-16-8-12-3-5-13(6-4-12)11(2)15(17)18/h3-6,10-11,14,16H,7-9H2,1-2H3,(H,17,18). The second-order valence-corrected chi connectivity index (χ2v) is 5.41. The molecule has 1 aromatic rings. The van der Waals surface area contributed by atoms with Crippen LogP contribution < -0.4 is 5.32 Å². The molecule has 0 spiro atoms. The van der Waals surface area contributed by atoms with E-state index in [4.69, 9.17) is 5.11 Å². The van der Waals surface area contributed by atoms with Crippen LogP contribution in [-0.4, -0.2) is 17.6 Å². The summed E-state index contributed by atoms with van der Waals surface area (Å²) in [6.45, 7) is 5.96. The summed E-state index contributed by atoms with van der Waals surface area (Å²) < 4.78 is 0. The second-order valence-electron chi connectivity index (χ2n) is 5.41. The molecule has 0 amide bonds. The molecule has 3 heteroatoms. The second kappa shape index (κ2) is 5.53. The molecule has 0 heterocycles. The van der Waals surface area contributed by atoms with Gasteiger partial charge >= 0.3 is 5.97 Å². The molecule has 18 heavy (non-hydrogen) atoms. The van der Waals surface area contributed by atoms with Crippen molar-refractivity contribution < 1.29 is 9.90 Å². The third-order valence-electron chi connectivity index (χ3n) is 3.86. The summed E-state index contributed by atoms with van der Waals surface area (Å²) in [6.07, 6.45) is 1.35. The number of benzene rings is 1. The van der Waals surface area contributed by atoms with E-state index < -0.39 is 11.9 Å². The first kappa shape index (κ1) is 13.1. The summed E-state index contributed by atoms with van der Waals surface area (Å²) in [7, 11) is 0. The van der Waals surface area contributed by atoms with E-state index in [1.807, 2.05) is 24.3 Å². The molecule has 1 fully saturated rings. The summed E-state index contributed by atoms with van der Waals surface area (Å²) in [5.74, 6) is 0.538. The smallest absolute Gasteiger partial charge is 0.310 e. The first-order chi connectivity index (χ1) is 8.58. The van der Waals surface area contributed by atoms with Gasteiger partial charge in [0.25, 0.3) is 0 Å². The number of hydrogen-bond donors (Lipinski definition) is 2. The third kappa shape index (κ3) is 3.33. The van der Waals surface area contributed by atoms with Gasteiger partial charge in [0.1, 0.15) is 0 Å². The van der Waals surface area contributed by atoms with E-state index in [-0.39, 0.29) is 0 Å². The third-order valence-corrected chi connectivity index (χ3v) is 3.86. The normalized spacial score (nSPS) is 23.7. The van der Waals surface area contributed by atoms with E-state index in [1.54, 1.807) is 6.92 Å². The highest BCUT2D eigenvalue weighted by atomic mass is 16.4. The van der Waals surface area contributed by atoms with Crippen LogP contribution in [0.4, 0.5) is 0 Å². The molecule has 1 aliphatic carbocycles. The molecule has 3 nitrogen and oxygen atoms in total. The van der Waals surface area contributed by atoms with Crippen LogP contribution in [0.1, 0.15) is 37.3 Å². The van der Waals surface area contributed by atoms with Crippen LogP contribution in [0.15, 0.2) is 24.3 Å². The highest BCUT2D eigenvalue weighted by Gasteiger charge is 2.31. The lowest BCUT2D eigenvalue weighted by molar-refractivity contribution is -0.138. The van der Waals surface area contributed by atoms with E-state index >= 15 is 0 Å². The highest BCUT2D eigenvalue weighted by molar-refractivity contribution is 5.75. The molecule has 2 N–H and O–H groups in total. The molecule has 0 aromatic heterocycles. The molecular weight excluding hydrogens is 226 g/mol. The predicted octanol–water partition coefficient (Wildman–Crippen LogP) is 2.62. The van der Waals surface area contributed by atoms with E-state index in [2.05, 4.69) is 12.2 Å². The van der Waals surface area contributed by atoms with Gasteiger partial charge in [0.05, 0.1) is 5.92 Å². The van der Waals surface area contributed by atoms with Crippen molar-refractivity contribution in [1.29, 1.82) is 0 Å². The van der Waals surface area contributed by atoms with Gasteiger partial charge in [-0.2, -0.15) is 0 Å². The summed E-state index contributed by atoms with van der Waals surface area (Å²) in [4.78, 5) is 10.9. The Hall–Kier alpha value is -1.35. The summed E-state index contributed by atoms with van der Waals surface area (Å²) in [5, 5.41) is 12.4. The van der Waals surface area contributed by atoms with Gasteiger partial charge in [-0.05, 0) is 42.9 Å². The Kier molecular flexibility index (Phi) is 4.02. The number of nitrogens with one attached hydrogen (secondary N) is 1. The van der Waals surface area contributed by atoms with Crippen molar-refractivity contribution in [3.63, 3.8) is 0 Å². The number of carboxylic acids is 1. The lowest BCUT2D eigenvalue weighted by Gasteiger charge is -2.08. The average molecular weight is 247 g/mol. The van der Waals surface area contributed by atoms with Crippen LogP contribution in [0.25, 0.3) is 0 Å². The van der Waals surface area contributed by atoms with Gasteiger partial charge in [-0.15, -0.1) is 0 Å². The Morgan fingerprint density at radius 1 is 1.44 bits per heavy atom. The van der Waals surface area contributed by atoms with Crippen molar-refractivity contribution in [3.8, 4) is 0 Å². The zero-order valence-electron chi connectivity index (χ0n) is 11.0. The molecule has 1 aliphatic rings. The number of aliphatic carboxylic acids is 1. The van der Waals surface area contributed by atoms with E-state index in [1.165, 1.54) is 12.0 Å². The topological polar surface area (TPSA) is 49.3 Å². The van der Waals surface area contributed by atoms with Crippen molar-refractivity contribution in [2.75, 3.05) is 6.54 Å². The lowest BCUT2D eigenvalue weighted by atomic mass is 10.00. The van der Waals surface area contributed by atoms with Gasteiger partial charge in [-0.1, -0.05) is 31.2 Å². The van der Waals surface area contributed by atoms with Crippen molar-refractivity contribution in [2.24, 2.45) is 11.8 Å². The van der Waals surface area contributed by atoms with Crippen molar-refractivity contribution in [2.45, 2.75) is 32.7 Å². The van der Waals surface area contributed by atoms with Crippen molar-refractivity contribution in [1.82, 2.24) is 5.32 Å². The number of hydrogen-bond acceptors (Lipinski definition) is 2. The van der Waals surface area contributed by atoms with Crippen molar-refractivity contribution >= 4 is 5.97 Å². The van der Waals surface area contributed by atoms with Crippen LogP contribution in [0.2, 0.25) is 0 Å². The molecule has 1 aromatic carbocycles. The Labute approximate surface area is 108 Å². The minimum absolute atomic E-state index is 0.431. The SMILES string of the molecule is CC(C(=O)O)c1ccc(CNCC2CC2C)cc1. The van der Waals surface area contributed by atoms with Crippen molar-refractivity contribution in [3.05, 3.63) is 35.4 Å². The lowest BCUT2D eigenvalue weighted by Crippen LogP contribution is -2.16. The molecule has 3 unspecified atom stereocenters. The predicted molar refractivity (Wildman–Crippen MR) is 71.5 cm³/mol. The molecule has 2 rings (SSSR count). The van der Waals surface area contributed by atoms with Crippen LogP contribution in [0.3, 0.4) is 0 Å². The maximum absolute atomic E-state index is 10.9. The zero-order valence-corrected chi connectivity index (χ0v) is 11.0. The Morgan fingerprint density at radius 2 is 2.06 bits per heavy atom. The maximum Gasteiger partial charge on any atom is 0.310 e. The zero-order chi connectivity index (χ0) is 13.1. The Bertz CT molecular complexity index is 413. The fourth-order valence-corrected chi connectivity index (χ4v) is 2.15. The van der Waals surface area contributed by atoms with E-state index in [0.29, 0.717) is 0 Å². The van der Waals surface area contributed by atoms with E-state index in [0.717, 1.165) is 30.5 Å². The Balaban J connectivity index is 1.81. The van der Waals surface area contributed by atoms with Gasteiger partial charge in [0, 0.05) is 6.54 Å².